The zero-order chi connectivity index (χ0) is 13.1. The summed E-state index contributed by atoms with van der Waals surface area (Å²) in [5.74, 6) is 0.213. The monoisotopic (exact) mass is 268 g/mol. The highest BCUT2D eigenvalue weighted by atomic mass is 35.5. The standard InChI is InChI=1S/C13H14ClFN2O/c1-3-4-10(14)12-16-13(18-17-12)9-6-5-8(2)7-11(9)15/h5-7,10H,3-4H2,1-2H3. The molecule has 3 nitrogen and oxygen atoms in total. The van der Waals surface area contributed by atoms with E-state index in [1.165, 1.54) is 6.07 Å². The molecule has 5 heteroatoms. The third kappa shape index (κ3) is 2.70. The molecule has 1 unspecified atom stereocenters. The van der Waals surface area contributed by atoms with Crippen LogP contribution < -0.4 is 0 Å². The average molecular weight is 269 g/mol. The van der Waals surface area contributed by atoms with Gasteiger partial charge in [0.05, 0.1) is 10.9 Å². The highest BCUT2D eigenvalue weighted by Gasteiger charge is 2.17. The molecule has 1 aromatic heterocycles. The number of aromatic nitrogens is 2. The van der Waals surface area contributed by atoms with E-state index in [1.54, 1.807) is 12.1 Å². The lowest BCUT2D eigenvalue weighted by Crippen LogP contribution is -1.93. The second kappa shape index (κ2) is 5.48. The van der Waals surface area contributed by atoms with Crippen molar-refractivity contribution in [3.05, 3.63) is 35.4 Å². The largest absolute Gasteiger partial charge is 0.334 e. The molecule has 0 saturated heterocycles. The number of hydrogen-bond donors (Lipinski definition) is 0. The lowest BCUT2D eigenvalue weighted by Gasteiger charge is -2.00. The van der Waals surface area contributed by atoms with Gasteiger partial charge in [-0.05, 0) is 31.0 Å². The Morgan fingerprint density at radius 2 is 2.22 bits per heavy atom. The van der Waals surface area contributed by atoms with E-state index in [0.717, 1.165) is 18.4 Å². The Labute approximate surface area is 110 Å². The van der Waals surface area contributed by atoms with Gasteiger partial charge in [0.1, 0.15) is 5.82 Å². The van der Waals surface area contributed by atoms with Crippen molar-refractivity contribution in [1.82, 2.24) is 10.1 Å². The molecule has 0 bridgehead atoms. The number of alkyl halides is 1. The van der Waals surface area contributed by atoms with Gasteiger partial charge in [-0.2, -0.15) is 4.98 Å². The van der Waals surface area contributed by atoms with Gasteiger partial charge in [-0.15, -0.1) is 11.6 Å². The Balaban J connectivity index is 2.29. The molecule has 1 atom stereocenters. The maximum atomic E-state index is 13.7. The van der Waals surface area contributed by atoms with E-state index in [2.05, 4.69) is 10.1 Å². The summed E-state index contributed by atoms with van der Waals surface area (Å²) in [6.07, 6.45) is 1.69. The molecule has 96 valence electrons. The van der Waals surface area contributed by atoms with E-state index < -0.39 is 0 Å². The van der Waals surface area contributed by atoms with Gasteiger partial charge in [0, 0.05) is 0 Å². The molecule has 0 spiro atoms. The molecule has 0 N–H and O–H groups in total. The number of nitrogens with zero attached hydrogens (tertiary/aromatic N) is 2. The molecule has 1 heterocycles. The Kier molecular flexibility index (Phi) is 3.97. The predicted molar refractivity (Wildman–Crippen MR) is 67.9 cm³/mol. The van der Waals surface area contributed by atoms with Gasteiger partial charge in [0.25, 0.3) is 5.89 Å². The number of aryl methyl sites for hydroxylation is 1. The summed E-state index contributed by atoms with van der Waals surface area (Å²) in [6, 6.07) is 4.86. The summed E-state index contributed by atoms with van der Waals surface area (Å²) < 4.78 is 18.8. The second-order valence-corrected chi connectivity index (χ2v) is 4.72. The summed E-state index contributed by atoms with van der Waals surface area (Å²) in [4.78, 5) is 4.14. The summed E-state index contributed by atoms with van der Waals surface area (Å²) in [6.45, 7) is 3.85. The molecule has 1 aromatic carbocycles. The molecule has 0 aliphatic rings. The van der Waals surface area contributed by atoms with Gasteiger partial charge < -0.3 is 4.52 Å². The molecular formula is C13H14ClFN2O. The quantitative estimate of drug-likeness (QED) is 0.778. The maximum Gasteiger partial charge on any atom is 0.260 e. The van der Waals surface area contributed by atoms with Crippen molar-refractivity contribution >= 4 is 11.6 Å². The lowest BCUT2D eigenvalue weighted by molar-refractivity contribution is 0.418. The predicted octanol–water partition coefficient (Wildman–Crippen LogP) is 4.26. The molecule has 0 aliphatic heterocycles. The zero-order valence-electron chi connectivity index (χ0n) is 10.3. The molecule has 0 radical (unpaired) electrons. The summed E-state index contributed by atoms with van der Waals surface area (Å²) in [7, 11) is 0. The van der Waals surface area contributed by atoms with Crippen molar-refractivity contribution < 1.29 is 8.91 Å². The van der Waals surface area contributed by atoms with Crippen LogP contribution in [-0.4, -0.2) is 10.1 Å². The highest BCUT2D eigenvalue weighted by Crippen LogP contribution is 2.27. The van der Waals surface area contributed by atoms with Gasteiger partial charge in [0.2, 0.25) is 0 Å². The van der Waals surface area contributed by atoms with Crippen LogP contribution in [0.4, 0.5) is 4.39 Å². The first-order valence-corrected chi connectivity index (χ1v) is 6.29. The van der Waals surface area contributed by atoms with Crippen molar-refractivity contribution in [2.45, 2.75) is 32.1 Å². The molecule has 0 aliphatic carbocycles. The summed E-state index contributed by atoms with van der Waals surface area (Å²) in [5, 5.41) is 3.50. The normalized spacial score (nSPS) is 12.7. The fraction of sp³-hybridized carbons (Fsp3) is 0.385. The van der Waals surface area contributed by atoms with E-state index in [1.807, 2.05) is 13.8 Å². The SMILES string of the molecule is CCCC(Cl)c1noc(-c2ccc(C)cc2F)n1. The van der Waals surface area contributed by atoms with Crippen LogP contribution in [0, 0.1) is 12.7 Å². The number of benzene rings is 1. The molecular weight excluding hydrogens is 255 g/mol. The van der Waals surface area contributed by atoms with Gasteiger partial charge in [0.15, 0.2) is 5.82 Å². The minimum absolute atomic E-state index is 0.171. The summed E-state index contributed by atoms with van der Waals surface area (Å²) in [5.41, 5.74) is 1.15. The van der Waals surface area contributed by atoms with Crippen LogP contribution in [0.25, 0.3) is 11.5 Å². The van der Waals surface area contributed by atoms with E-state index in [0.29, 0.717) is 11.4 Å². The van der Waals surface area contributed by atoms with E-state index in [-0.39, 0.29) is 17.1 Å². The highest BCUT2D eigenvalue weighted by molar-refractivity contribution is 6.20. The van der Waals surface area contributed by atoms with Crippen molar-refractivity contribution in [2.75, 3.05) is 0 Å². The van der Waals surface area contributed by atoms with Gasteiger partial charge in [-0.3, -0.25) is 0 Å². The van der Waals surface area contributed by atoms with Gasteiger partial charge in [-0.25, -0.2) is 4.39 Å². The Hall–Kier alpha value is -1.42. The van der Waals surface area contributed by atoms with E-state index >= 15 is 0 Å². The summed E-state index contributed by atoms with van der Waals surface area (Å²) >= 11 is 6.09. The smallest absolute Gasteiger partial charge is 0.260 e. The fourth-order valence-corrected chi connectivity index (χ4v) is 1.95. The van der Waals surface area contributed by atoms with Crippen molar-refractivity contribution in [2.24, 2.45) is 0 Å². The Bertz CT molecular complexity index is 542. The first-order valence-electron chi connectivity index (χ1n) is 5.86. The minimum atomic E-state index is -0.369. The number of hydrogen-bond acceptors (Lipinski definition) is 3. The molecule has 2 aromatic rings. The topological polar surface area (TPSA) is 38.9 Å². The second-order valence-electron chi connectivity index (χ2n) is 4.20. The van der Waals surface area contributed by atoms with Crippen LogP contribution in [0.15, 0.2) is 22.7 Å². The molecule has 2 rings (SSSR count). The first kappa shape index (κ1) is 13.0. The van der Waals surface area contributed by atoms with Crippen molar-refractivity contribution in [3.63, 3.8) is 0 Å². The first-order chi connectivity index (χ1) is 8.61. The van der Waals surface area contributed by atoms with Gasteiger partial charge >= 0.3 is 0 Å². The van der Waals surface area contributed by atoms with Crippen molar-refractivity contribution in [3.8, 4) is 11.5 Å². The Morgan fingerprint density at radius 3 is 2.89 bits per heavy atom. The van der Waals surface area contributed by atoms with E-state index in [4.69, 9.17) is 16.1 Å². The van der Waals surface area contributed by atoms with Crippen LogP contribution in [0.2, 0.25) is 0 Å². The Morgan fingerprint density at radius 1 is 1.44 bits per heavy atom. The van der Waals surface area contributed by atoms with Crippen LogP contribution in [-0.2, 0) is 0 Å². The molecule has 0 amide bonds. The molecule has 0 saturated carbocycles. The van der Waals surface area contributed by atoms with Crippen LogP contribution in [0.1, 0.15) is 36.5 Å². The van der Waals surface area contributed by atoms with Gasteiger partial charge in [-0.1, -0.05) is 24.6 Å². The third-order valence-electron chi connectivity index (χ3n) is 2.62. The zero-order valence-corrected chi connectivity index (χ0v) is 11.0. The maximum absolute atomic E-state index is 13.7. The fourth-order valence-electron chi connectivity index (χ4n) is 1.65. The van der Waals surface area contributed by atoms with E-state index in [9.17, 15) is 4.39 Å². The number of halogens is 2. The van der Waals surface area contributed by atoms with Crippen LogP contribution >= 0.6 is 11.6 Å². The average Bonchev–Trinajstić information content (AvgIpc) is 2.78. The lowest BCUT2D eigenvalue weighted by atomic mass is 10.1. The number of rotatable bonds is 4. The van der Waals surface area contributed by atoms with Crippen LogP contribution in [0.5, 0.6) is 0 Å². The van der Waals surface area contributed by atoms with Crippen molar-refractivity contribution in [1.29, 1.82) is 0 Å². The third-order valence-corrected chi connectivity index (χ3v) is 3.03. The molecule has 0 fully saturated rings. The minimum Gasteiger partial charge on any atom is -0.334 e. The molecule has 18 heavy (non-hydrogen) atoms. The van der Waals surface area contributed by atoms with Crippen LogP contribution in [0.3, 0.4) is 0 Å².